The molecule has 0 bridgehead atoms. The van der Waals surface area contributed by atoms with Crippen LogP contribution in [0, 0.1) is 11.7 Å². The van der Waals surface area contributed by atoms with Crippen molar-refractivity contribution in [1.29, 1.82) is 0 Å². The number of carbonyl (C=O) groups excluding carboxylic acids is 1. The second kappa shape index (κ2) is 8.74. The number of rotatable bonds is 6. The first kappa shape index (κ1) is 19.6. The number of aliphatic hydroxyl groups excluding tert-OH is 1. The molecule has 29 heavy (non-hydrogen) atoms. The summed E-state index contributed by atoms with van der Waals surface area (Å²) in [7, 11) is 0. The highest BCUT2D eigenvalue weighted by atomic mass is 19.1. The Balaban J connectivity index is 1.42. The van der Waals surface area contributed by atoms with E-state index in [9.17, 15) is 9.18 Å². The molecule has 3 aromatic rings. The Kier molecular flexibility index (Phi) is 5.90. The van der Waals surface area contributed by atoms with Gasteiger partial charge in [0, 0.05) is 25.2 Å². The van der Waals surface area contributed by atoms with Crippen LogP contribution in [0.15, 0.2) is 48.8 Å². The molecule has 1 aliphatic rings. The molecule has 2 aromatic carbocycles. The van der Waals surface area contributed by atoms with Crippen molar-refractivity contribution in [2.24, 2.45) is 5.92 Å². The number of amides is 1. The molecule has 0 saturated carbocycles. The molecular weight excluding hydrogens is 369 g/mol. The Morgan fingerprint density at radius 2 is 2.10 bits per heavy atom. The summed E-state index contributed by atoms with van der Waals surface area (Å²) < 4.78 is 15.7. The van der Waals surface area contributed by atoms with E-state index < -0.39 is 0 Å². The third-order valence-corrected chi connectivity index (χ3v) is 5.79. The number of benzene rings is 2. The standard InChI is InChI=1S/C23H26FN3O2/c24-20-6-2-1-5-18(20)8-7-17-4-3-11-26(15-17)23(29)19-9-10-22-21(14-19)25-16-27(22)12-13-28/h1-2,5-6,9-10,14,16-17,28H,3-4,7-8,11-13,15H2/t17-/m1/s1. The SMILES string of the molecule is O=C(c1ccc2c(c1)ncn2CCO)N1CCC[C@H](CCc2ccccc2F)C1. The molecule has 0 aliphatic carbocycles. The highest BCUT2D eigenvalue weighted by molar-refractivity contribution is 5.97. The van der Waals surface area contributed by atoms with Crippen LogP contribution in [-0.2, 0) is 13.0 Å². The van der Waals surface area contributed by atoms with Crippen molar-refractivity contribution in [2.75, 3.05) is 19.7 Å². The van der Waals surface area contributed by atoms with Gasteiger partial charge in [-0.15, -0.1) is 0 Å². The molecule has 1 saturated heterocycles. The summed E-state index contributed by atoms with van der Waals surface area (Å²) in [5.41, 5.74) is 3.07. The first-order valence-corrected chi connectivity index (χ1v) is 10.2. The van der Waals surface area contributed by atoms with Gasteiger partial charge in [0.25, 0.3) is 5.91 Å². The summed E-state index contributed by atoms with van der Waals surface area (Å²) in [5.74, 6) is 0.268. The van der Waals surface area contributed by atoms with Crippen LogP contribution in [0.4, 0.5) is 4.39 Å². The van der Waals surface area contributed by atoms with Gasteiger partial charge < -0.3 is 14.6 Å². The predicted octanol–water partition coefficient (Wildman–Crippen LogP) is 3.65. The number of piperidine rings is 1. The van der Waals surface area contributed by atoms with E-state index in [4.69, 9.17) is 5.11 Å². The summed E-state index contributed by atoms with van der Waals surface area (Å²) in [5, 5.41) is 9.14. The van der Waals surface area contributed by atoms with Crippen LogP contribution in [0.5, 0.6) is 0 Å². The number of halogens is 1. The van der Waals surface area contributed by atoms with Gasteiger partial charge in [-0.25, -0.2) is 9.37 Å². The number of likely N-dealkylation sites (tertiary alicyclic amines) is 1. The van der Waals surface area contributed by atoms with Gasteiger partial charge in [0.05, 0.1) is 24.0 Å². The van der Waals surface area contributed by atoms with E-state index in [1.165, 1.54) is 6.07 Å². The molecule has 1 atom stereocenters. The Labute approximate surface area is 169 Å². The molecule has 1 aromatic heterocycles. The molecule has 0 radical (unpaired) electrons. The number of fused-ring (bicyclic) bond motifs is 1. The fourth-order valence-electron chi connectivity index (χ4n) is 4.21. The van der Waals surface area contributed by atoms with E-state index in [1.807, 2.05) is 39.8 Å². The molecule has 1 amide bonds. The molecule has 1 fully saturated rings. The summed E-state index contributed by atoms with van der Waals surface area (Å²) in [6.45, 7) is 2.00. The van der Waals surface area contributed by atoms with Crippen molar-refractivity contribution in [3.8, 4) is 0 Å². The van der Waals surface area contributed by atoms with Crippen LogP contribution in [0.1, 0.15) is 35.2 Å². The topological polar surface area (TPSA) is 58.4 Å². The first-order valence-electron chi connectivity index (χ1n) is 10.2. The average molecular weight is 395 g/mol. The molecular formula is C23H26FN3O2. The Morgan fingerprint density at radius 1 is 1.24 bits per heavy atom. The van der Waals surface area contributed by atoms with E-state index in [1.54, 1.807) is 12.4 Å². The van der Waals surface area contributed by atoms with Gasteiger partial charge in [0.2, 0.25) is 0 Å². The maximum absolute atomic E-state index is 13.9. The zero-order chi connectivity index (χ0) is 20.2. The molecule has 6 heteroatoms. The lowest BCUT2D eigenvalue weighted by Crippen LogP contribution is -2.40. The van der Waals surface area contributed by atoms with Crippen molar-refractivity contribution in [3.05, 3.63) is 65.7 Å². The second-order valence-corrected chi connectivity index (χ2v) is 7.75. The van der Waals surface area contributed by atoms with Crippen LogP contribution in [0.2, 0.25) is 0 Å². The molecule has 152 valence electrons. The maximum atomic E-state index is 13.9. The lowest BCUT2D eigenvalue weighted by molar-refractivity contribution is 0.0668. The minimum atomic E-state index is -0.148. The Hall–Kier alpha value is -2.73. The highest BCUT2D eigenvalue weighted by Gasteiger charge is 2.25. The third kappa shape index (κ3) is 4.32. The van der Waals surface area contributed by atoms with Crippen LogP contribution < -0.4 is 0 Å². The Morgan fingerprint density at radius 3 is 2.93 bits per heavy atom. The minimum Gasteiger partial charge on any atom is -0.395 e. The lowest BCUT2D eigenvalue weighted by Gasteiger charge is -2.33. The van der Waals surface area contributed by atoms with Crippen molar-refractivity contribution in [2.45, 2.75) is 32.2 Å². The maximum Gasteiger partial charge on any atom is 0.253 e. The number of hydrogen-bond acceptors (Lipinski definition) is 3. The van der Waals surface area contributed by atoms with Gasteiger partial charge in [0.1, 0.15) is 5.82 Å². The van der Waals surface area contributed by atoms with Crippen LogP contribution >= 0.6 is 0 Å². The summed E-state index contributed by atoms with van der Waals surface area (Å²) >= 11 is 0. The number of nitrogens with zero attached hydrogens (tertiary/aromatic N) is 3. The van der Waals surface area contributed by atoms with E-state index in [0.29, 0.717) is 31.0 Å². The number of aliphatic hydroxyl groups is 1. The van der Waals surface area contributed by atoms with Gasteiger partial charge in [-0.3, -0.25) is 4.79 Å². The third-order valence-electron chi connectivity index (χ3n) is 5.79. The summed E-state index contributed by atoms with van der Waals surface area (Å²) in [6.07, 6.45) is 5.32. The van der Waals surface area contributed by atoms with Crippen LogP contribution in [0.3, 0.4) is 0 Å². The smallest absolute Gasteiger partial charge is 0.253 e. The van der Waals surface area contributed by atoms with Gasteiger partial charge in [-0.05, 0) is 61.4 Å². The predicted molar refractivity (Wildman–Crippen MR) is 110 cm³/mol. The van der Waals surface area contributed by atoms with Crippen molar-refractivity contribution in [3.63, 3.8) is 0 Å². The van der Waals surface area contributed by atoms with Crippen molar-refractivity contribution >= 4 is 16.9 Å². The second-order valence-electron chi connectivity index (χ2n) is 7.75. The van der Waals surface area contributed by atoms with E-state index >= 15 is 0 Å². The molecule has 1 aliphatic heterocycles. The molecule has 5 nitrogen and oxygen atoms in total. The normalized spacial score (nSPS) is 17.0. The molecule has 0 spiro atoms. The fourth-order valence-corrected chi connectivity index (χ4v) is 4.21. The number of aryl methyl sites for hydroxylation is 1. The number of hydrogen-bond donors (Lipinski definition) is 1. The zero-order valence-corrected chi connectivity index (χ0v) is 16.4. The average Bonchev–Trinajstić information content (AvgIpc) is 3.15. The van der Waals surface area contributed by atoms with Gasteiger partial charge in [-0.1, -0.05) is 18.2 Å². The minimum absolute atomic E-state index is 0.0270. The number of imidazole rings is 1. The first-order chi connectivity index (χ1) is 14.2. The van der Waals surface area contributed by atoms with Crippen molar-refractivity contribution < 1.29 is 14.3 Å². The number of aromatic nitrogens is 2. The molecule has 2 heterocycles. The molecule has 4 rings (SSSR count). The Bertz CT molecular complexity index is 1000. The lowest BCUT2D eigenvalue weighted by atomic mass is 9.91. The highest BCUT2D eigenvalue weighted by Crippen LogP contribution is 2.24. The van der Waals surface area contributed by atoms with Crippen LogP contribution in [-0.4, -0.2) is 45.2 Å². The van der Waals surface area contributed by atoms with E-state index in [2.05, 4.69) is 4.98 Å². The largest absolute Gasteiger partial charge is 0.395 e. The molecule has 1 N–H and O–H groups in total. The van der Waals surface area contributed by atoms with Crippen LogP contribution in [0.25, 0.3) is 11.0 Å². The summed E-state index contributed by atoms with van der Waals surface area (Å²) in [6, 6.07) is 12.5. The zero-order valence-electron chi connectivity index (χ0n) is 16.4. The quantitative estimate of drug-likeness (QED) is 0.693. The fraction of sp³-hybridized carbons (Fsp3) is 0.391. The van der Waals surface area contributed by atoms with Gasteiger partial charge in [0.15, 0.2) is 0 Å². The van der Waals surface area contributed by atoms with Gasteiger partial charge >= 0.3 is 0 Å². The van der Waals surface area contributed by atoms with Gasteiger partial charge in [-0.2, -0.15) is 0 Å². The molecule has 0 unspecified atom stereocenters. The van der Waals surface area contributed by atoms with E-state index in [0.717, 1.165) is 42.4 Å². The van der Waals surface area contributed by atoms with E-state index in [-0.39, 0.29) is 18.3 Å². The monoisotopic (exact) mass is 395 g/mol. The van der Waals surface area contributed by atoms with Crippen molar-refractivity contribution in [1.82, 2.24) is 14.5 Å². The summed E-state index contributed by atoms with van der Waals surface area (Å²) in [4.78, 5) is 19.3. The number of carbonyl (C=O) groups is 1.